The molecule has 0 fully saturated rings. The molecule has 8 nitrogen and oxygen atoms in total. The molecule has 38 heavy (non-hydrogen) atoms. The predicted molar refractivity (Wildman–Crippen MR) is 151 cm³/mol. The van der Waals surface area contributed by atoms with Gasteiger partial charge in [-0.2, -0.15) is 0 Å². The van der Waals surface area contributed by atoms with E-state index in [2.05, 4.69) is 38.7 Å². The average molecular weight is 556 g/mol. The molecule has 0 aliphatic carbocycles. The number of thiophene rings is 1. The monoisotopic (exact) mass is 555 g/mol. The fraction of sp³-hybridized carbons (Fsp3) is 0.464. The van der Waals surface area contributed by atoms with Crippen LogP contribution in [0.2, 0.25) is 5.02 Å². The number of esters is 1. The smallest absolute Gasteiger partial charge is 0.305 e. The van der Waals surface area contributed by atoms with Gasteiger partial charge in [0.2, 0.25) is 5.91 Å². The molecule has 2 aromatic heterocycles. The summed E-state index contributed by atoms with van der Waals surface area (Å²) in [6.07, 6.45) is 5.36. The number of aryl methyl sites for hydroxylation is 2. The highest BCUT2D eigenvalue weighted by Gasteiger charge is 2.32. The second-order valence-corrected chi connectivity index (χ2v) is 11.2. The van der Waals surface area contributed by atoms with E-state index in [9.17, 15) is 9.59 Å². The van der Waals surface area contributed by atoms with Crippen LogP contribution in [0.25, 0.3) is 5.00 Å². The molecule has 0 spiro atoms. The first-order valence-corrected chi connectivity index (χ1v) is 14.2. The van der Waals surface area contributed by atoms with Crippen LogP contribution in [-0.2, 0) is 14.3 Å². The van der Waals surface area contributed by atoms with Crippen LogP contribution in [-0.4, -0.2) is 46.0 Å². The lowest BCUT2D eigenvalue weighted by Gasteiger charge is -2.13. The van der Waals surface area contributed by atoms with Crippen LogP contribution >= 0.6 is 22.9 Å². The van der Waals surface area contributed by atoms with Crippen molar-refractivity contribution in [2.24, 2.45) is 4.99 Å². The van der Waals surface area contributed by atoms with Crippen LogP contribution in [0.3, 0.4) is 0 Å². The fourth-order valence-electron chi connectivity index (χ4n) is 4.63. The number of halogens is 1. The van der Waals surface area contributed by atoms with Gasteiger partial charge in [0, 0.05) is 34.0 Å². The van der Waals surface area contributed by atoms with Gasteiger partial charge in [0.05, 0.1) is 19.2 Å². The molecule has 0 unspecified atom stereocenters. The third-order valence-electron chi connectivity index (χ3n) is 6.84. The van der Waals surface area contributed by atoms with Gasteiger partial charge in [0.1, 0.15) is 16.9 Å². The number of nitrogens with one attached hydrogen (secondary N) is 1. The first-order chi connectivity index (χ1) is 18.3. The molecular formula is C28H34ClN5O3S. The minimum absolute atomic E-state index is 0.0646. The molecule has 0 bridgehead atoms. The molecule has 0 saturated carbocycles. The predicted octanol–water partition coefficient (Wildman–Crippen LogP) is 5.82. The van der Waals surface area contributed by atoms with Gasteiger partial charge in [-0.05, 0) is 51.3 Å². The molecule has 3 aromatic rings. The van der Waals surface area contributed by atoms with E-state index in [-0.39, 0.29) is 18.3 Å². The number of hydrogen-bond acceptors (Lipinski definition) is 7. The van der Waals surface area contributed by atoms with Gasteiger partial charge in [0.25, 0.3) is 0 Å². The lowest BCUT2D eigenvalue weighted by Crippen LogP contribution is -2.26. The van der Waals surface area contributed by atoms with Gasteiger partial charge < -0.3 is 10.1 Å². The Morgan fingerprint density at radius 1 is 1.05 bits per heavy atom. The standard InChI is InChI=1S/C28H34ClN5O3S/c1-17-18(2)38-28-25(17)26(20-11-13-21(29)14-12-20)31-22(27-33-32-19(3)34(27)28)16-23(35)30-15-9-7-5-6-8-10-24(36)37-4/h11-14,22H,5-10,15-16H2,1-4H3,(H,30,35)/t22-/m0/s1. The van der Waals surface area contributed by atoms with Crippen molar-refractivity contribution >= 4 is 40.5 Å². The quantitative estimate of drug-likeness (QED) is 0.237. The number of carbonyl (C=O) groups is 2. The molecule has 1 aliphatic heterocycles. The van der Waals surface area contributed by atoms with Crippen LogP contribution in [0.5, 0.6) is 0 Å². The molecule has 10 heteroatoms. The number of benzene rings is 1. The summed E-state index contributed by atoms with van der Waals surface area (Å²) in [6.45, 7) is 6.75. The van der Waals surface area contributed by atoms with Gasteiger partial charge in [0.15, 0.2) is 5.82 Å². The Labute approximate surface area is 232 Å². The number of aromatic nitrogens is 3. The van der Waals surface area contributed by atoms with Crippen molar-refractivity contribution in [2.75, 3.05) is 13.7 Å². The Morgan fingerprint density at radius 2 is 1.76 bits per heavy atom. The maximum Gasteiger partial charge on any atom is 0.305 e. The first-order valence-electron chi connectivity index (χ1n) is 13.0. The number of nitrogens with zero attached hydrogens (tertiary/aromatic N) is 4. The lowest BCUT2D eigenvalue weighted by molar-refractivity contribution is -0.140. The van der Waals surface area contributed by atoms with E-state index in [1.165, 1.54) is 12.0 Å². The van der Waals surface area contributed by atoms with Crippen molar-refractivity contribution in [3.05, 3.63) is 62.5 Å². The Hall–Kier alpha value is -3.04. The Bertz CT molecular complexity index is 1330. The number of hydrogen-bond donors (Lipinski definition) is 1. The number of ether oxygens (including phenoxy) is 1. The van der Waals surface area contributed by atoms with Gasteiger partial charge in [-0.25, -0.2) is 0 Å². The highest BCUT2D eigenvalue weighted by molar-refractivity contribution is 7.15. The van der Waals surface area contributed by atoms with Crippen molar-refractivity contribution in [1.29, 1.82) is 0 Å². The number of methoxy groups -OCH3 is 1. The number of rotatable bonds is 11. The summed E-state index contributed by atoms with van der Waals surface area (Å²) >= 11 is 7.87. The molecule has 1 aliphatic rings. The maximum absolute atomic E-state index is 13.0. The second-order valence-electron chi connectivity index (χ2n) is 9.55. The van der Waals surface area contributed by atoms with E-state index in [1.54, 1.807) is 11.3 Å². The molecule has 202 valence electrons. The van der Waals surface area contributed by atoms with Gasteiger partial charge >= 0.3 is 5.97 Å². The van der Waals surface area contributed by atoms with Crippen LogP contribution in [0.4, 0.5) is 0 Å². The van der Waals surface area contributed by atoms with Crippen LogP contribution in [0.1, 0.15) is 84.2 Å². The molecule has 4 rings (SSSR count). The molecular weight excluding hydrogens is 522 g/mol. The van der Waals surface area contributed by atoms with E-state index in [0.29, 0.717) is 23.8 Å². The first kappa shape index (κ1) is 28.0. The largest absolute Gasteiger partial charge is 0.469 e. The van der Waals surface area contributed by atoms with Crippen molar-refractivity contribution in [3.8, 4) is 5.00 Å². The number of fused-ring (bicyclic) bond motifs is 3. The van der Waals surface area contributed by atoms with Crippen LogP contribution in [0.15, 0.2) is 29.3 Å². The van der Waals surface area contributed by atoms with E-state index in [1.807, 2.05) is 31.2 Å². The van der Waals surface area contributed by atoms with Gasteiger partial charge in [-0.15, -0.1) is 21.5 Å². The van der Waals surface area contributed by atoms with Crippen LogP contribution in [0, 0.1) is 20.8 Å². The zero-order chi connectivity index (χ0) is 27.2. The summed E-state index contributed by atoms with van der Waals surface area (Å²) in [5.41, 5.74) is 4.00. The Balaban J connectivity index is 1.48. The van der Waals surface area contributed by atoms with E-state index < -0.39 is 6.04 Å². The van der Waals surface area contributed by atoms with E-state index in [0.717, 1.165) is 65.3 Å². The molecule has 3 heterocycles. The Kier molecular flexibility index (Phi) is 9.33. The zero-order valence-electron chi connectivity index (χ0n) is 22.3. The zero-order valence-corrected chi connectivity index (χ0v) is 23.9. The minimum Gasteiger partial charge on any atom is -0.469 e. The SMILES string of the molecule is COC(=O)CCCCCCCNC(=O)C[C@@H]1N=C(c2ccc(Cl)cc2)c2c(sc(C)c2C)-n2c(C)nnc21. The molecule has 1 N–H and O–H groups in total. The van der Waals surface area contributed by atoms with E-state index >= 15 is 0 Å². The van der Waals surface area contributed by atoms with Crippen molar-refractivity contribution in [1.82, 2.24) is 20.1 Å². The number of carbonyl (C=O) groups excluding carboxylic acids is 2. The number of amides is 1. The third kappa shape index (κ3) is 6.32. The molecule has 1 aromatic carbocycles. The summed E-state index contributed by atoms with van der Waals surface area (Å²) < 4.78 is 6.72. The molecule has 1 amide bonds. The topological polar surface area (TPSA) is 98.5 Å². The van der Waals surface area contributed by atoms with Crippen molar-refractivity contribution in [3.63, 3.8) is 0 Å². The summed E-state index contributed by atoms with van der Waals surface area (Å²) in [5.74, 6) is 1.22. The van der Waals surface area contributed by atoms with E-state index in [4.69, 9.17) is 16.6 Å². The van der Waals surface area contributed by atoms with Gasteiger partial charge in [-0.3, -0.25) is 19.1 Å². The summed E-state index contributed by atoms with van der Waals surface area (Å²) in [6, 6.07) is 7.19. The number of unbranched alkanes of at least 4 members (excludes halogenated alkanes) is 4. The van der Waals surface area contributed by atoms with Crippen molar-refractivity contribution in [2.45, 2.75) is 71.8 Å². The molecule has 0 radical (unpaired) electrons. The maximum atomic E-state index is 13.0. The fourth-order valence-corrected chi connectivity index (χ4v) is 5.97. The highest BCUT2D eigenvalue weighted by atomic mass is 35.5. The summed E-state index contributed by atoms with van der Waals surface area (Å²) in [5, 5.41) is 13.5. The van der Waals surface area contributed by atoms with Gasteiger partial charge in [-0.1, -0.05) is 43.0 Å². The third-order valence-corrected chi connectivity index (χ3v) is 8.29. The Morgan fingerprint density at radius 3 is 2.50 bits per heavy atom. The normalized spacial score (nSPS) is 14.3. The summed E-state index contributed by atoms with van der Waals surface area (Å²) in [4.78, 5) is 30.5. The van der Waals surface area contributed by atoms with Crippen LogP contribution < -0.4 is 5.32 Å². The lowest BCUT2D eigenvalue weighted by atomic mass is 9.99. The molecule has 1 atom stereocenters. The average Bonchev–Trinajstić information content (AvgIpc) is 3.38. The second kappa shape index (κ2) is 12.7. The minimum atomic E-state index is -0.473. The highest BCUT2D eigenvalue weighted by Crippen LogP contribution is 2.39. The number of aliphatic imine (C=N–C) groups is 1. The van der Waals surface area contributed by atoms with Crippen molar-refractivity contribution < 1.29 is 14.3 Å². The molecule has 0 saturated heterocycles. The summed E-state index contributed by atoms with van der Waals surface area (Å²) in [7, 11) is 1.41.